The van der Waals surface area contributed by atoms with Gasteiger partial charge in [0.15, 0.2) is 9.81 Å². The normalized spacial score (nSPS) is 10.9. The molecule has 6 heteroatoms. The van der Waals surface area contributed by atoms with Crippen molar-refractivity contribution < 1.29 is 9.47 Å². The van der Waals surface area contributed by atoms with Crippen molar-refractivity contribution in [1.29, 1.82) is 0 Å². The van der Waals surface area contributed by atoms with Crippen molar-refractivity contribution in [2.24, 2.45) is 0 Å². The third-order valence-corrected chi connectivity index (χ3v) is 3.97. The number of methoxy groups -OCH3 is 1. The predicted molar refractivity (Wildman–Crippen MR) is 69.9 cm³/mol. The first-order valence-corrected chi connectivity index (χ1v) is 6.36. The molecule has 0 aliphatic carbocycles. The predicted octanol–water partition coefficient (Wildman–Crippen LogP) is 3.54. The number of hydrogen-bond donors (Lipinski definition) is 0. The zero-order valence-corrected chi connectivity index (χ0v) is 11.5. The van der Waals surface area contributed by atoms with Crippen molar-refractivity contribution in [3.05, 3.63) is 20.2 Å². The highest BCUT2D eigenvalue weighted by atomic mass is 127. The van der Waals surface area contributed by atoms with E-state index in [4.69, 9.17) is 21.1 Å². The van der Waals surface area contributed by atoms with Crippen LogP contribution in [0.15, 0.2) is 12.1 Å². The Labute approximate surface area is 109 Å². The number of ether oxygens (including phenoxy) is 2. The summed E-state index contributed by atoms with van der Waals surface area (Å²) >= 11 is 9.77. The Bertz CT molecular complexity index is 488. The molecular weight excluding hydrogens is 349 g/mol. The summed E-state index contributed by atoms with van der Waals surface area (Å²) in [6.07, 6.45) is 0. The minimum Gasteiger partial charge on any atom is -0.465 e. The smallest absolute Gasteiger partial charge is 0.188 e. The van der Waals surface area contributed by atoms with Gasteiger partial charge >= 0.3 is 0 Å². The van der Waals surface area contributed by atoms with Crippen molar-refractivity contribution >= 4 is 55.7 Å². The Morgan fingerprint density at radius 1 is 1.53 bits per heavy atom. The van der Waals surface area contributed by atoms with Crippen LogP contribution in [0.1, 0.15) is 0 Å². The van der Waals surface area contributed by atoms with Gasteiger partial charge in [-0.25, -0.2) is 4.98 Å². The van der Waals surface area contributed by atoms with Gasteiger partial charge in [0, 0.05) is 7.11 Å². The standard InChI is InChI=1S/C9H7ClINO2S/c1-13-4-14-6-3-2-5(10)8-7(6)12-9(11)15-8/h2-3H,4H2,1H3. The average molecular weight is 356 g/mol. The molecule has 0 fully saturated rings. The highest BCUT2D eigenvalue weighted by Crippen LogP contribution is 2.35. The van der Waals surface area contributed by atoms with E-state index in [1.807, 2.05) is 6.07 Å². The zero-order valence-electron chi connectivity index (χ0n) is 7.79. The van der Waals surface area contributed by atoms with Gasteiger partial charge in [0.2, 0.25) is 0 Å². The van der Waals surface area contributed by atoms with Crippen LogP contribution in [0.25, 0.3) is 10.2 Å². The quantitative estimate of drug-likeness (QED) is 0.623. The summed E-state index contributed by atoms with van der Waals surface area (Å²) in [7, 11) is 1.58. The van der Waals surface area contributed by atoms with Gasteiger partial charge in [-0.2, -0.15) is 0 Å². The molecule has 0 N–H and O–H groups in total. The Balaban J connectivity index is 2.50. The first-order valence-electron chi connectivity index (χ1n) is 4.08. The first kappa shape index (κ1) is 11.4. The number of rotatable bonds is 3. The van der Waals surface area contributed by atoms with Crippen LogP contribution in [0.5, 0.6) is 5.75 Å². The summed E-state index contributed by atoms with van der Waals surface area (Å²) in [6.45, 7) is 0.213. The lowest BCUT2D eigenvalue weighted by atomic mass is 10.3. The summed E-state index contributed by atoms with van der Waals surface area (Å²) < 4.78 is 12.1. The fraction of sp³-hybridized carbons (Fsp3) is 0.222. The fourth-order valence-corrected chi connectivity index (χ4v) is 3.05. The SMILES string of the molecule is COCOc1ccc(Cl)c2sc(I)nc12. The van der Waals surface area contributed by atoms with Crippen LogP contribution in [0, 0.1) is 3.01 Å². The first-order chi connectivity index (χ1) is 7.22. The Morgan fingerprint density at radius 2 is 2.33 bits per heavy atom. The van der Waals surface area contributed by atoms with Gasteiger partial charge in [0.05, 0.1) is 9.72 Å². The maximum Gasteiger partial charge on any atom is 0.188 e. The van der Waals surface area contributed by atoms with E-state index in [-0.39, 0.29) is 6.79 Å². The average Bonchev–Trinajstić information content (AvgIpc) is 2.60. The highest BCUT2D eigenvalue weighted by molar-refractivity contribution is 14.1. The fourth-order valence-electron chi connectivity index (χ4n) is 1.17. The van der Waals surface area contributed by atoms with Crippen molar-refractivity contribution in [3.63, 3.8) is 0 Å². The van der Waals surface area contributed by atoms with Gasteiger partial charge in [-0.3, -0.25) is 0 Å². The molecule has 15 heavy (non-hydrogen) atoms. The van der Waals surface area contributed by atoms with Gasteiger partial charge in [0.1, 0.15) is 11.3 Å². The molecule has 0 saturated heterocycles. The molecule has 0 aliphatic heterocycles. The molecule has 3 nitrogen and oxygen atoms in total. The largest absolute Gasteiger partial charge is 0.465 e. The third kappa shape index (κ3) is 2.35. The molecule has 2 rings (SSSR count). The van der Waals surface area contributed by atoms with E-state index in [9.17, 15) is 0 Å². The Kier molecular flexibility index (Phi) is 3.65. The molecule has 0 saturated carbocycles. The summed E-state index contributed by atoms with van der Waals surface area (Å²) in [5.74, 6) is 0.704. The molecule has 1 aromatic heterocycles. The number of nitrogens with zero attached hydrogens (tertiary/aromatic N) is 1. The van der Waals surface area contributed by atoms with E-state index < -0.39 is 0 Å². The van der Waals surface area contributed by atoms with Crippen LogP contribution < -0.4 is 4.74 Å². The molecule has 0 amide bonds. The number of hydrogen-bond acceptors (Lipinski definition) is 4. The number of halogens is 2. The van der Waals surface area contributed by atoms with Crippen LogP contribution in [-0.4, -0.2) is 18.9 Å². The second kappa shape index (κ2) is 4.82. The van der Waals surface area contributed by atoms with Crippen molar-refractivity contribution in [2.75, 3.05) is 13.9 Å². The molecule has 2 aromatic rings. The number of benzene rings is 1. The molecule has 1 aromatic carbocycles. The second-order valence-corrected chi connectivity index (χ2v) is 5.90. The lowest BCUT2D eigenvalue weighted by Crippen LogP contribution is -1.99. The summed E-state index contributed by atoms with van der Waals surface area (Å²) in [6, 6.07) is 3.61. The van der Waals surface area contributed by atoms with Crippen molar-refractivity contribution in [1.82, 2.24) is 4.98 Å². The van der Waals surface area contributed by atoms with Crippen LogP contribution >= 0.6 is 45.5 Å². The van der Waals surface area contributed by atoms with Crippen LogP contribution in [0.3, 0.4) is 0 Å². The van der Waals surface area contributed by atoms with E-state index in [0.717, 1.165) is 13.2 Å². The Morgan fingerprint density at radius 3 is 3.07 bits per heavy atom. The number of aromatic nitrogens is 1. The van der Waals surface area contributed by atoms with Crippen LogP contribution in [-0.2, 0) is 4.74 Å². The molecule has 0 radical (unpaired) electrons. The van der Waals surface area contributed by atoms with Gasteiger partial charge in [-0.05, 0) is 34.7 Å². The van der Waals surface area contributed by atoms with Crippen LogP contribution in [0.4, 0.5) is 0 Å². The summed E-state index contributed by atoms with van der Waals surface area (Å²) in [5.41, 5.74) is 0.800. The van der Waals surface area contributed by atoms with E-state index in [1.165, 1.54) is 0 Å². The van der Waals surface area contributed by atoms with E-state index in [0.29, 0.717) is 10.8 Å². The molecule has 0 atom stereocenters. The Hall–Kier alpha value is -0.110. The molecule has 1 heterocycles. The highest BCUT2D eigenvalue weighted by Gasteiger charge is 2.11. The maximum atomic E-state index is 6.06. The maximum absolute atomic E-state index is 6.06. The van der Waals surface area contributed by atoms with Gasteiger partial charge in [-0.15, -0.1) is 11.3 Å². The summed E-state index contributed by atoms with van der Waals surface area (Å²) in [5, 5.41) is 0.704. The molecule has 0 spiro atoms. The minimum atomic E-state index is 0.213. The molecule has 0 bridgehead atoms. The monoisotopic (exact) mass is 355 g/mol. The lowest BCUT2D eigenvalue weighted by Gasteiger charge is -2.05. The topological polar surface area (TPSA) is 31.4 Å². The summed E-state index contributed by atoms with van der Waals surface area (Å²) in [4.78, 5) is 4.37. The molecular formula is C9H7ClINO2S. The van der Waals surface area contributed by atoms with Crippen molar-refractivity contribution in [2.45, 2.75) is 0 Å². The van der Waals surface area contributed by atoms with Gasteiger partial charge in [-0.1, -0.05) is 11.6 Å². The number of thiazole rings is 1. The minimum absolute atomic E-state index is 0.213. The zero-order chi connectivity index (χ0) is 10.8. The van der Waals surface area contributed by atoms with Crippen LogP contribution in [0.2, 0.25) is 5.02 Å². The van der Waals surface area contributed by atoms with Gasteiger partial charge in [0.25, 0.3) is 0 Å². The molecule has 0 aliphatic rings. The lowest BCUT2D eigenvalue weighted by molar-refractivity contribution is 0.0521. The van der Waals surface area contributed by atoms with E-state index >= 15 is 0 Å². The number of fused-ring (bicyclic) bond motifs is 1. The molecule has 0 unspecified atom stereocenters. The van der Waals surface area contributed by atoms with Gasteiger partial charge < -0.3 is 9.47 Å². The third-order valence-electron chi connectivity index (χ3n) is 1.76. The second-order valence-electron chi connectivity index (χ2n) is 2.74. The van der Waals surface area contributed by atoms with E-state index in [1.54, 1.807) is 24.5 Å². The van der Waals surface area contributed by atoms with Crippen molar-refractivity contribution in [3.8, 4) is 5.75 Å². The molecule has 80 valence electrons. The van der Waals surface area contributed by atoms with E-state index in [2.05, 4.69) is 27.6 Å².